The van der Waals surface area contributed by atoms with Gasteiger partial charge in [-0.2, -0.15) is 8.78 Å². The molecule has 0 saturated heterocycles. The second kappa shape index (κ2) is 6.59. The predicted molar refractivity (Wildman–Crippen MR) is 73.0 cm³/mol. The number of hydrogen-bond acceptors (Lipinski definition) is 2. The third kappa shape index (κ3) is 4.37. The standard InChI is InChI=1S/C13H15ClF2O2S/c1-3-4-11(12(17)13(14,15)16)19(18)10-7-5-9(2)6-8-10/h3,5-8,11-12,17H,1,4H2,2H3/t11-,12-,19?/m1/s1. The summed E-state index contributed by atoms with van der Waals surface area (Å²) < 4.78 is 38.2. The molecule has 2 nitrogen and oxygen atoms in total. The predicted octanol–water partition coefficient (Wildman–Crippen LogP) is 3.24. The number of allylic oxidation sites excluding steroid dienone is 1. The maximum atomic E-state index is 13.0. The maximum absolute atomic E-state index is 13.0. The highest BCUT2D eigenvalue weighted by Crippen LogP contribution is 2.30. The van der Waals surface area contributed by atoms with Crippen LogP contribution in [0.25, 0.3) is 0 Å². The first kappa shape index (κ1) is 16.3. The van der Waals surface area contributed by atoms with Crippen LogP contribution in [-0.4, -0.2) is 26.1 Å². The van der Waals surface area contributed by atoms with Crippen molar-refractivity contribution in [2.24, 2.45) is 0 Å². The average molecular weight is 309 g/mol. The van der Waals surface area contributed by atoms with Crippen molar-refractivity contribution in [3.05, 3.63) is 42.5 Å². The number of hydrogen-bond donors (Lipinski definition) is 1. The minimum absolute atomic E-state index is 0.0238. The summed E-state index contributed by atoms with van der Waals surface area (Å²) in [7, 11) is -1.79. The van der Waals surface area contributed by atoms with Gasteiger partial charge in [0, 0.05) is 4.90 Å². The minimum atomic E-state index is -3.83. The van der Waals surface area contributed by atoms with Crippen LogP contribution in [0.3, 0.4) is 0 Å². The van der Waals surface area contributed by atoms with Crippen LogP contribution in [0.2, 0.25) is 0 Å². The first-order chi connectivity index (χ1) is 8.77. The molecule has 0 amide bonds. The second-order valence-corrected chi connectivity index (χ2v) is 6.34. The van der Waals surface area contributed by atoms with Crippen LogP contribution < -0.4 is 0 Å². The van der Waals surface area contributed by atoms with Gasteiger partial charge < -0.3 is 5.11 Å². The van der Waals surface area contributed by atoms with E-state index in [1.807, 2.05) is 6.92 Å². The molecule has 19 heavy (non-hydrogen) atoms. The van der Waals surface area contributed by atoms with Gasteiger partial charge in [0.15, 0.2) is 0 Å². The quantitative estimate of drug-likeness (QED) is 0.647. The molecule has 1 aromatic carbocycles. The van der Waals surface area contributed by atoms with E-state index in [0.29, 0.717) is 4.90 Å². The van der Waals surface area contributed by atoms with Crippen molar-refractivity contribution in [2.45, 2.75) is 35.0 Å². The van der Waals surface area contributed by atoms with Crippen LogP contribution in [0, 0.1) is 6.92 Å². The highest BCUT2D eigenvalue weighted by Gasteiger charge is 2.43. The largest absolute Gasteiger partial charge is 0.384 e. The Morgan fingerprint density at radius 2 is 2.00 bits per heavy atom. The molecule has 0 spiro atoms. The fraction of sp³-hybridized carbons (Fsp3) is 0.385. The number of alkyl halides is 3. The molecule has 0 saturated carbocycles. The van der Waals surface area contributed by atoms with Gasteiger partial charge in [-0.15, -0.1) is 6.58 Å². The van der Waals surface area contributed by atoms with Gasteiger partial charge in [-0.3, -0.25) is 4.21 Å². The molecule has 0 heterocycles. The van der Waals surface area contributed by atoms with E-state index in [1.165, 1.54) is 6.08 Å². The molecule has 106 valence electrons. The summed E-state index contributed by atoms with van der Waals surface area (Å²) in [5, 5.41) is 4.51. The number of aryl methyl sites for hydroxylation is 1. The van der Waals surface area contributed by atoms with E-state index in [0.717, 1.165) is 5.56 Å². The maximum Gasteiger partial charge on any atom is 0.348 e. The van der Waals surface area contributed by atoms with Crippen molar-refractivity contribution in [1.82, 2.24) is 0 Å². The Labute approximate surface area is 118 Å². The highest BCUT2D eigenvalue weighted by atomic mass is 35.5. The summed E-state index contributed by atoms with van der Waals surface area (Å²) in [6, 6.07) is 6.62. The van der Waals surface area contributed by atoms with E-state index < -0.39 is 27.5 Å². The van der Waals surface area contributed by atoms with Gasteiger partial charge in [0.1, 0.15) is 6.10 Å². The number of aliphatic hydroxyl groups is 1. The molecule has 1 unspecified atom stereocenters. The molecule has 0 bridgehead atoms. The van der Waals surface area contributed by atoms with Gasteiger partial charge in [0.05, 0.1) is 16.0 Å². The lowest BCUT2D eigenvalue weighted by Crippen LogP contribution is -2.41. The lowest BCUT2D eigenvalue weighted by Gasteiger charge is -2.24. The van der Waals surface area contributed by atoms with Gasteiger partial charge >= 0.3 is 5.38 Å². The Morgan fingerprint density at radius 1 is 1.47 bits per heavy atom. The minimum Gasteiger partial charge on any atom is -0.384 e. The summed E-state index contributed by atoms with van der Waals surface area (Å²) in [6.45, 7) is 5.28. The summed E-state index contributed by atoms with van der Waals surface area (Å²) in [5.41, 5.74) is 0.962. The van der Waals surface area contributed by atoms with Crippen LogP contribution in [0.1, 0.15) is 12.0 Å². The SMILES string of the molecule is C=CC[C@H]([C@@H](O)C(F)(F)Cl)S(=O)c1ccc(C)cc1. The van der Waals surface area contributed by atoms with Crippen molar-refractivity contribution >= 4 is 22.4 Å². The fourth-order valence-corrected chi connectivity index (χ4v) is 3.25. The number of halogens is 3. The van der Waals surface area contributed by atoms with Crippen molar-refractivity contribution < 1.29 is 18.1 Å². The second-order valence-electron chi connectivity index (χ2n) is 4.16. The first-order valence-corrected chi connectivity index (χ1v) is 7.19. The van der Waals surface area contributed by atoms with Crippen molar-refractivity contribution in [3.63, 3.8) is 0 Å². The Balaban J connectivity index is 3.02. The van der Waals surface area contributed by atoms with E-state index in [-0.39, 0.29) is 6.42 Å². The van der Waals surface area contributed by atoms with Crippen LogP contribution in [0.4, 0.5) is 8.78 Å². The zero-order valence-corrected chi connectivity index (χ0v) is 11.9. The molecule has 3 atom stereocenters. The highest BCUT2D eigenvalue weighted by molar-refractivity contribution is 7.85. The summed E-state index contributed by atoms with van der Waals surface area (Å²) >= 11 is 4.82. The van der Waals surface area contributed by atoms with Gasteiger partial charge in [-0.25, -0.2) is 0 Å². The summed E-state index contributed by atoms with van der Waals surface area (Å²) in [6.07, 6.45) is -0.888. The van der Waals surface area contributed by atoms with Gasteiger partial charge in [0.25, 0.3) is 0 Å². The normalized spacial score (nSPS) is 16.7. The Kier molecular flexibility index (Phi) is 5.64. The van der Waals surface area contributed by atoms with Crippen molar-refractivity contribution in [1.29, 1.82) is 0 Å². The van der Waals surface area contributed by atoms with Crippen LogP contribution in [0.5, 0.6) is 0 Å². The molecule has 1 aromatic rings. The van der Waals surface area contributed by atoms with Gasteiger partial charge in [-0.05, 0) is 37.1 Å². The molecule has 0 aliphatic heterocycles. The molecule has 0 aromatic heterocycles. The van der Waals surface area contributed by atoms with Crippen LogP contribution in [0.15, 0.2) is 41.8 Å². The third-order valence-electron chi connectivity index (χ3n) is 2.61. The molecular weight excluding hydrogens is 294 g/mol. The topological polar surface area (TPSA) is 37.3 Å². The summed E-state index contributed by atoms with van der Waals surface area (Å²) in [4.78, 5) is 0.373. The van der Waals surface area contributed by atoms with E-state index in [4.69, 9.17) is 11.6 Å². The van der Waals surface area contributed by atoms with Gasteiger partial charge in [-0.1, -0.05) is 23.8 Å². The molecule has 1 rings (SSSR count). The van der Waals surface area contributed by atoms with Crippen LogP contribution in [-0.2, 0) is 10.8 Å². The molecular formula is C13H15ClF2O2S. The van der Waals surface area contributed by atoms with Gasteiger partial charge in [0.2, 0.25) is 0 Å². The molecule has 0 radical (unpaired) electrons. The lowest BCUT2D eigenvalue weighted by atomic mass is 10.2. The molecule has 1 N–H and O–H groups in total. The fourth-order valence-electron chi connectivity index (χ4n) is 1.56. The van der Waals surface area contributed by atoms with Crippen molar-refractivity contribution in [2.75, 3.05) is 0 Å². The third-order valence-corrected chi connectivity index (χ3v) is 4.58. The Bertz CT molecular complexity index is 457. The number of aliphatic hydroxyl groups excluding tert-OH is 1. The monoisotopic (exact) mass is 308 g/mol. The number of rotatable bonds is 6. The van der Waals surface area contributed by atoms with E-state index >= 15 is 0 Å². The zero-order valence-electron chi connectivity index (χ0n) is 10.4. The lowest BCUT2D eigenvalue weighted by molar-refractivity contribution is -0.0410. The van der Waals surface area contributed by atoms with E-state index in [9.17, 15) is 18.1 Å². The molecule has 6 heteroatoms. The Hall–Kier alpha value is -0.780. The molecule has 0 fully saturated rings. The zero-order chi connectivity index (χ0) is 14.6. The van der Waals surface area contributed by atoms with E-state index in [2.05, 4.69) is 6.58 Å². The van der Waals surface area contributed by atoms with E-state index in [1.54, 1.807) is 24.3 Å². The van der Waals surface area contributed by atoms with Crippen LogP contribution >= 0.6 is 11.6 Å². The molecule has 0 aliphatic carbocycles. The first-order valence-electron chi connectivity index (χ1n) is 5.60. The number of benzene rings is 1. The summed E-state index contributed by atoms with van der Waals surface area (Å²) in [5.74, 6) is 0. The average Bonchev–Trinajstić information content (AvgIpc) is 2.34. The Morgan fingerprint density at radius 3 is 2.42 bits per heavy atom. The smallest absolute Gasteiger partial charge is 0.348 e. The molecule has 0 aliphatic rings. The van der Waals surface area contributed by atoms with Crippen molar-refractivity contribution in [3.8, 4) is 0 Å².